The molecule has 3 aliphatic rings. The maximum absolute atomic E-state index is 3.52. The molecule has 0 aromatic carbocycles. The van der Waals surface area contributed by atoms with Crippen molar-refractivity contribution in [2.24, 2.45) is 5.92 Å². The molecule has 3 atom stereocenters. The van der Waals surface area contributed by atoms with Crippen molar-refractivity contribution in [2.45, 2.75) is 88.9 Å². The van der Waals surface area contributed by atoms with Crippen LogP contribution in [0.4, 0.5) is 0 Å². The first-order chi connectivity index (χ1) is 8.79. The summed E-state index contributed by atoms with van der Waals surface area (Å²) in [5.41, 5.74) is 0. The Morgan fingerprint density at radius 2 is 1.56 bits per heavy atom. The van der Waals surface area contributed by atoms with E-state index >= 15 is 0 Å². The number of hydrogen-bond acceptors (Lipinski definition) is 2. The van der Waals surface area contributed by atoms with Gasteiger partial charge in [0.2, 0.25) is 0 Å². The van der Waals surface area contributed by atoms with Crippen molar-refractivity contribution in [1.29, 1.82) is 0 Å². The average Bonchev–Trinajstić information content (AvgIpc) is 2.69. The number of fused-ring (bicyclic) bond motifs is 2. The van der Waals surface area contributed by atoms with Crippen LogP contribution in [-0.2, 0) is 0 Å². The monoisotopic (exact) mass is 250 g/mol. The quantitative estimate of drug-likeness (QED) is 0.827. The molecule has 3 fully saturated rings. The number of hydrogen-bond donors (Lipinski definition) is 1. The van der Waals surface area contributed by atoms with Gasteiger partial charge in [0.1, 0.15) is 0 Å². The minimum absolute atomic E-state index is 0.789. The van der Waals surface area contributed by atoms with Crippen molar-refractivity contribution in [2.75, 3.05) is 7.05 Å². The molecule has 2 heteroatoms. The molecular formula is C16H30N2. The van der Waals surface area contributed by atoms with Gasteiger partial charge in [0.25, 0.3) is 0 Å². The molecule has 0 aromatic rings. The van der Waals surface area contributed by atoms with Crippen LogP contribution in [-0.4, -0.2) is 36.1 Å². The lowest BCUT2D eigenvalue weighted by Crippen LogP contribution is -2.53. The zero-order valence-electron chi connectivity index (χ0n) is 12.2. The molecule has 0 amide bonds. The normalized spacial score (nSPS) is 40.0. The van der Waals surface area contributed by atoms with Gasteiger partial charge in [0.15, 0.2) is 0 Å². The highest BCUT2D eigenvalue weighted by molar-refractivity contribution is 5.00. The fourth-order valence-electron chi connectivity index (χ4n) is 4.97. The maximum Gasteiger partial charge on any atom is 0.0116 e. The molecule has 2 saturated heterocycles. The van der Waals surface area contributed by atoms with Gasteiger partial charge in [-0.05, 0) is 58.4 Å². The summed E-state index contributed by atoms with van der Waals surface area (Å²) in [6.07, 6.45) is 13.1. The third-order valence-corrected chi connectivity index (χ3v) is 6.00. The van der Waals surface area contributed by atoms with E-state index in [1.807, 2.05) is 0 Å². The van der Waals surface area contributed by atoms with Gasteiger partial charge in [-0.1, -0.05) is 19.3 Å². The molecule has 1 saturated carbocycles. The van der Waals surface area contributed by atoms with Crippen LogP contribution in [0.25, 0.3) is 0 Å². The molecule has 104 valence electrons. The van der Waals surface area contributed by atoms with Gasteiger partial charge < -0.3 is 5.32 Å². The van der Waals surface area contributed by atoms with Crippen LogP contribution in [0.1, 0.15) is 64.7 Å². The SMILES string of the molecule is CNC1CC2CCC(C1)N2C(C)C1CCCCC1. The summed E-state index contributed by atoms with van der Waals surface area (Å²) in [6.45, 7) is 2.53. The molecule has 3 rings (SSSR count). The first-order valence-electron chi connectivity index (χ1n) is 8.24. The topological polar surface area (TPSA) is 15.3 Å². The molecule has 0 aromatic heterocycles. The number of nitrogens with one attached hydrogen (secondary N) is 1. The third kappa shape index (κ3) is 2.34. The van der Waals surface area contributed by atoms with Crippen molar-refractivity contribution in [1.82, 2.24) is 10.2 Å². The predicted molar refractivity (Wildman–Crippen MR) is 76.8 cm³/mol. The van der Waals surface area contributed by atoms with E-state index in [0.29, 0.717) is 0 Å². The molecule has 18 heavy (non-hydrogen) atoms. The van der Waals surface area contributed by atoms with E-state index in [1.54, 1.807) is 0 Å². The highest BCUT2D eigenvalue weighted by Gasteiger charge is 2.43. The molecule has 2 aliphatic heterocycles. The van der Waals surface area contributed by atoms with Gasteiger partial charge in [-0.2, -0.15) is 0 Å². The van der Waals surface area contributed by atoms with Crippen molar-refractivity contribution < 1.29 is 0 Å². The predicted octanol–water partition coefficient (Wildman–Crippen LogP) is 3.17. The fourth-order valence-corrected chi connectivity index (χ4v) is 4.97. The minimum Gasteiger partial charge on any atom is -0.317 e. The number of piperidine rings is 1. The van der Waals surface area contributed by atoms with Crippen LogP contribution in [0.5, 0.6) is 0 Å². The van der Waals surface area contributed by atoms with Gasteiger partial charge in [-0.15, -0.1) is 0 Å². The van der Waals surface area contributed by atoms with E-state index in [-0.39, 0.29) is 0 Å². The van der Waals surface area contributed by atoms with Crippen LogP contribution in [0, 0.1) is 5.92 Å². The Bertz CT molecular complexity index is 258. The Morgan fingerprint density at radius 3 is 2.11 bits per heavy atom. The van der Waals surface area contributed by atoms with Gasteiger partial charge in [-0.25, -0.2) is 0 Å². The Labute approximate surface area is 113 Å². The lowest BCUT2D eigenvalue weighted by Gasteiger charge is -2.45. The summed E-state index contributed by atoms with van der Waals surface area (Å²) in [7, 11) is 2.14. The van der Waals surface area contributed by atoms with Crippen molar-refractivity contribution in [3.8, 4) is 0 Å². The first kappa shape index (κ1) is 12.9. The fraction of sp³-hybridized carbons (Fsp3) is 1.00. The lowest BCUT2D eigenvalue weighted by molar-refractivity contribution is 0.0405. The number of rotatable bonds is 3. The molecule has 2 bridgehead atoms. The zero-order valence-corrected chi connectivity index (χ0v) is 12.2. The standard InChI is InChI=1S/C16H30N2/c1-12(13-6-4-3-5-7-13)18-15-8-9-16(18)11-14(10-15)17-2/h12-17H,3-11H2,1-2H3. The van der Waals surface area contributed by atoms with Gasteiger partial charge in [0, 0.05) is 24.2 Å². The van der Waals surface area contributed by atoms with Crippen LogP contribution < -0.4 is 5.32 Å². The molecular weight excluding hydrogens is 220 g/mol. The Kier molecular flexibility index (Phi) is 3.95. The summed E-state index contributed by atoms with van der Waals surface area (Å²) < 4.78 is 0. The van der Waals surface area contributed by atoms with Crippen LogP contribution in [0.3, 0.4) is 0 Å². The maximum atomic E-state index is 3.52. The van der Waals surface area contributed by atoms with E-state index in [9.17, 15) is 0 Å². The molecule has 2 nitrogen and oxygen atoms in total. The molecule has 1 N–H and O–H groups in total. The van der Waals surface area contributed by atoms with Crippen LogP contribution >= 0.6 is 0 Å². The number of nitrogens with zero attached hydrogens (tertiary/aromatic N) is 1. The van der Waals surface area contributed by atoms with Crippen molar-refractivity contribution in [3.63, 3.8) is 0 Å². The zero-order chi connectivity index (χ0) is 12.5. The highest BCUT2D eigenvalue weighted by atomic mass is 15.3. The highest BCUT2D eigenvalue weighted by Crippen LogP contribution is 2.40. The molecule has 1 aliphatic carbocycles. The van der Waals surface area contributed by atoms with Gasteiger partial charge in [0.05, 0.1) is 0 Å². The summed E-state index contributed by atoms with van der Waals surface area (Å²) in [6, 6.07) is 3.41. The van der Waals surface area contributed by atoms with Crippen molar-refractivity contribution in [3.05, 3.63) is 0 Å². The Hall–Kier alpha value is -0.0800. The van der Waals surface area contributed by atoms with E-state index in [0.717, 1.165) is 30.1 Å². The summed E-state index contributed by atoms with van der Waals surface area (Å²) in [5, 5.41) is 3.52. The summed E-state index contributed by atoms with van der Waals surface area (Å²) >= 11 is 0. The van der Waals surface area contributed by atoms with Crippen LogP contribution in [0.2, 0.25) is 0 Å². The first-order valence-corrected chi connectivity index (χ1v) is 8.24. The third-order valence-electron chi connectivity index (χ3n) is 6.00. The molecule has 0 spiro atoms. The largest absolute Gasteiger partial charge is 0.317 e. The lowest BCUT2D eigenvalue weighted by atomic mass is 9.82. The van der Waals surface area contributed by atoms with E-state index in [2.05, 4.69) is 24.2 Å². The van der Waals surface area contributed by atoms with Crippen LogP contribution in [0.15, 0.2) is 0 Å². The second kappa shape index (κ2) is 5.50. The molecule has 2 heterocycles. The molecule has 0 radical (unpaired) electrons. The second-order valence-corrected chi connectivity index (χ2v) is 6.93. The Balaban J connectivity index is 1.65. The summed E-state index contributed by atoms with van der Waals surface area (Å²) in [5.74, 6) is 0.994. The van der Waals surface area contributed by atoms with Crippen molar-refractivity contribution >= 4 is 0 Å². The van der Waals surface area contributed by atoms with E-state index in [4.69, 9.17) is 0 Å². The minimum atomic E-state index is 0.789. The molecule has 3 unspecified atom stereocenters. The van der Waals surface area contributed by atoms with E-state index in [1.165, 1.54) is 57.8 Å². The van der Waals surface area contributed by atoms with E-state index < -0.39 is 0 Å². The summed E-state index contributed by atoms with van der Waals surface area (Å²) in [4.78, 5) is 2.93. The smallest absolute Gasteiger partial charge is 0.0116 e. The van der Waals surface area contributed by atoms with Gasteiger partial charge >= 0.3 is 0 Å². The Morgan fingerprint density at radius 1 is 0.944 bits per heavy atom. The van der Waals surface area contributed by atoms with Gasteiger partial charge in [-0.3, -0.25) is 4.90 Å². The average molecular weight is 250 g/mol. The second-order valence-electron chi connectivity index (χ2n) is 6.93.